The highest BCUT2D eigenvalue weighted by Crippen LogP contribution is 2.18. The molecule has 0 aliphatic heterocycles. The average Bonchev–Trinajstić information content (AvgIpc) is 2.87. The van der Waals surface area contributed by atoms with Gasteiger partial charge in [0.1, 0.15) is 0 Å². The summed E-state index contributed by atoms with van der Waals surface area (Å²) in [5, 5.41) is 3.33. The van der Waals surface area contributed by atoms with Gasteiger partial charge in [0.15, 0.2) is 0 Å². The van der Waals surface area contributed by atoms with Gasteiger partial charge in [0.2, 0.25) is 5.95 Å². The predicted molar refractivity (Wildman–Crippen MR) is 80.9 cm³/mol. The SMILES string of the molecule is CCOCCCNc1nccn1-c1cccc(Br)c1. The monoisotopic (exact) mass is 323 g/mol. The van der Waals surface area contributed by atoms with E-state index >= 15 is 0 Å². The van der Waals surface area contributed by atoms with Crippen LogP contribution in [0, 0.1) is 0 Å². The molecule has 0 saturated carbocycles. The molecule has 2 rings (SSSR count). The molecule has 0 spiro atoms. The van der Waals surface area contributed by atoms with Gasteiger partial charge in [-0.3, -0.25) is 4.57 Å². The number of ether oxygens (including phenoxy) is 1. The van der Waals surface area contributed by atoms with Crippen LogP contribution in [-0.4, -0.2) is 29.3 Å². The summed E-state index contributed by atoms with van der Waals surface area (Å²) in [5.41, 5.74) is 1.08. The lowest BCUT2D eigenvalue weighted by Gasteiger charge is -2.10. The fraction of sp³-hybridized carbons (Fsp3) is 0.357. The quantitative estimate of drug-likeness (QED) is 0.793. The molecule has 0 aliphatic rings. The second-order valence-corrected chi connectivity index (χ2v) is 4.99. The van der Waals surface area contributed by atoms with Crippen LogP contribution >= 0.6 is 15.9 Å². The Kier molecular flexibility index (Phi) is 5.42. The zero-order valence-electron chi connectivity index (χ0n) is 11.0. The van der Waals surface area contributed by atoms with E-state index < -0.39 is 0 Å². The first-order chi connectivity index (χ1) is 9.31. The van der Waals surface area contributed by atoms with Gasteiger partial charge in [-0.05, 0) is 31.5 Å². The van der Waals surface area contributed by atoms with Crippen molar-refractivity contribution in [2.45, 2.75) is 13.3 Å². The Labute approximate surface area is 121 Å². The van der Waals surface area contributed by atoms with Crippen molar-refractivity contribution in [3.8, 4) is 5.69 Å². The molecule has 0 bridgehead atoms. The van der Waals surface area contributed by atoms with Gasteiger partial charge in [-0.1, -0.05) is 22.0 Å². The van der Waals surface area contributed by atoms with Crippen molar-refractivity contribution in [3.63, 3.8) is 0 Å². The van der Waals surface area contributed by atoms with E-state index in [0.29, 0.717) is 0 Å². The number of rotatable bonds is 7. The number of halogens is 1. The molecule has 1 N–H and O–H groups in total. The summed E-state index contributed by atoms with van der Waals surface area (Å²) in [6.07, 6.45) is 4.72. The van der Waals surface area contributed by atoms with Crippen LogP contribution < -0.4 is 5.32 Å². The second-order valence-electron chi connectivity index (χ2n) is 4.08. The average molecular weight is 324 g/mol. The molecular weight excluding hydrogens is 306 g/mol. The fourth-order valence-electron chi connectivity index (χ4n) is 1.79. The van der Waals surface area contributed by atoms with Crippen molar-refractivity contribution in [1.82, 2.24) is 9.55 Å². The third-order valence-corrected chi connectivity index (χ3v) is 3.17. The van der Waals surface area contributed by atoms with Gasteiger partial charge in [-0.25, -0.2) is 4.98 Å². The highest BCUT2D eigenvalue weighted by atomic mass is 79.9. The van der Waals surface area contributed by atoms with E-state index in [-0.39, 0.29) is 0 Å². The molecule has 102 valence electrons. The molecule has 0 aliphatic carbocycles. The maximum atomic E-state index is 5.31. The Morgan fingerprint density at radius 2 is 2.32 bits per heavy atom. The molecule has 2 aromatic rings. The highest BCUT2D eigenvalue weighted by molar-refractivity contribution is 9.10. The summed E-state index contributed by atoms with van der Waals surface area (Å²) >= 11 is 3.48. The van der Waals surface area contributed by atoms with Gasteiger partial charge in [0.25, 0.3) is 0 Å². The summed E-state index contributed by atoms with van der Waals surface area (Å²) in [7, 11) is 0. The molecule has 0 atom stereocenters. The molecule has 0 radical (unpaired) electrons. The van der Waals surface area contributed by atoms with Gasteiger partial charge < -0.3 is 10.1 Å². The van der Waals surface area contributed by atoms with E-state index in [1.165, 1.54) is 0 Å². The number of hydrogen-bond acceptors (Lipinski definition) is 3. The van der Waals surface area contributed by atoms with Crippen LogP contribution in [0.15, 0.2) is 41.1 Å². The van der Waals surface area contributed by atoms with Gasteiger partial charge in [-0.2, -0.15) is 0 Å². The molecule has 1 aromatic heterocycles. The molecule has 5 heteroatoms. The highest BCUT2D eigenvalue weighted by Gasteiger charge is 2.04. The summed E-state index contributed by atoms with van der Waals surface area (Å²) in [6.45, 7) is 4.41. The number of nitrogens with zero attached hydrogens (tertiary/aromatic N) is 2. The topological polar surface area (TPSA) is 39.1 Å². The minimum Gasteiger partial charge on any atom is -0.382 e. The minimum atomic E-state index is 0.771. The lowest BCUT2D eigenvalue weighted by Crippen LogP contribution is -2.09. The molecule has 1 aromatic carbocycles. The van der Waals surface area contributed by atoms with Crippen LogP contribution in [0.5, 0.6) is 0 Å². The van der Waals surface area contributed by atoms with Gasteiger partial charge in [0.05, 0.1) is 0 Å². The van der Waals surface area contributed by atoms with E-state index in [2.05, 4.69) is 38.4 Å². The number of aromatic nitrogens is 2. The molecule has 0 unspecified atom stereocenters. The van der Waals surface area contributed by atoms with Crippen LogP contribution in [0.3, 0.4) is 0 Å². The molecular formula is C14H18BrN3O. The maximum absolute atomic E-state index is 5.31. The number of nitrogens with one attached hydrogen (secondary N) is 1. The first-order valence-corrected chi connectivity index (χ1v) is 7.21. The van der Waals surface area contributed by atoms with Gasteiger partial charge in [-0.15, -0.1) is 0 Å². The van der Waals surface area contributed by atoms with E-state index in [1.807, 2.05) is 29.8 Å². The van der Waals surface area contributed by atoms with Crippen LogP contribution in [0.4, 0.5) is 5.95 Å². The van der Waals surface area contributed by atoms with Crippen molar-refractivity contribution in [3.05, 3.63) is 41.1 Å². The van der Waals surface area contributed by atoms with Crippen LogP contribution in [-0.2, 0) is 4.74 Å². The normalized spacial score (nSPS) is 10.6. The number of hydrogen-bond donors (Lipinski definition) is 1. The summed E-state index contributed by atoms with van der Waals surface area (Å²) < 4.78 is 8.40. The smallest absolute Gasteiger partial charge is 0.207 e. The Bertz CT molecular complexity index is 513. The van der Waals surface area contributed by atoms with Crippen LogP contribution in [0.25, 0.3) is 5.69 Å². The zero-order chi connectivity index (χ0) is 13.5. The van der Waals surface area contributed by atoms with Crippen molar-refractivity contribution in [2.24, 2.45) is 0 Å². The van der Waals surface area contributed by atoms with Crippen molar-refractivity contribution < 1.29 is 4.74 Å². The van der Waals surface area contributed by atoms with Gasteiger partial charge in [0, 0.05) is 42.3 Å². The van der Waals surface area contributed by atoms with E-state index in [9.17, 15) is 0 Å². The summed E-state index contributed by atoms with van der Waals surface area (Å²) in [6, 6.07) is 8.14. The van der Waals surface area contributed by atoms with Crippen molar-refractivity contribution in [2.75, 3.05) is 25.1 Å². The number of imidazole rings is 1. The van der Waals surface area contributed by atoms with Crippen LogP contribution in [0.2, 0.25) is 0 Å². The molecule has 0 fully saturated rings. The molecule has 19 heavy (non-hydrogen) atoms. The number of anilines is 1. The molecule has 0 amide bonds. The first-order valence-electron chi connectivity index (χ1n) is 6.42. The molecule has 0 saturated heterocycles. The molecule has 1 heterocycles. The van der Waals surface area contributed by atoms with Gasteiger partial charge >= 0.3 is 0 Å². The molecule has 4 nitrogen and oxygen atoms in total. The Balaban J connectivity index is 1.98. The van der Waals surface area contributed by atoms with E-state index in [0.717, 1.165) is 42.3 Å². The Hall–Kier alpha value is -1.33. The van der Waals surface area contributed by atoms with Crippen LogP contribution in [0.1, 0.15) is 13.3 Å². The third-order valence-electron chi connectivity index (χ3n) is 2.68. The first kappa shape index (κ1) is 14.1. The number of benzene rings is 1. The van der Waals surface area contributed by atoms with Crippen molar-refractivity contribution in [1.29, 1.82) is 0 Å². The summed E-state index contributed by atoms with van der Waals surface area (Å²) in [5.74, 6) is 0.856. The maximum Gasteiger partial charge on any atom is 0.207 e. The Morgan fingerprint density at radius 3 is 3.11 bits per heavy atom. The predicted octanol–water partition coefficient (Wildman–Crippen LogP) is 3.47. The lowest BCUT2D eigenvalue weighted by atomic mass is 10.3. The largest absolute Gasteiger partial charge is 0.382 e. The van der Waals surface area contributed by atoms with E-state index in [4.69, 9.17) is 4.74 Å². The second kappa shape index (κ2) is 7.31. The summed E-state index contributed by atoms with van der Waals surface area (Å²) in [4.78, 5) is 4.34. The third kappa shape index (κ3) is 4.08. The lowest BCUT2D eigenvalue weighted by molar-refractivity contribution is 0.147. The standard InChI is InChI=1S/C14H18BrN3O/c1-2-19-10-4-7-16-14-17-8-9-18(14)13-6-3-5-12(15)11-13/h3,5-6,8-9,11H,2,4,7,10H2,1H3,(H,16,17). The van der Waals surface area contributed by atoms with E-state index in [1.54, 1.807) is 6.20 Å². The van der Waals surface area contributed by atoms with Crippen molar-refractivity contribution >= 4 is 21.9 Å². The minimum absolute atomic E-state index is 0.771. The Morgan fingerprint density at radius 1 is 1.42 bits per heavy atom. The fourth-order valence-corrected chi connectivity index (χ4v) is 2.17. The zero-order valence-corrected chi connectivity index (χ0v) is 12.6.